The highest BCUT2D eigenvalue weighted by molar-refractivity contribution is 5.30. The topological polar surface area (TPSA) is 13.1 Å². The Morgan fingerprint density at radius 3 is 2.45 bits per heavy atom. The summed E-state index contributed by atoms with van der Waals surface area (Å²) in [5.74, 6) is 0.251. The smallest absolute Gasteiger partial charge is 0.416 e. The van der Waals surface area contributed by atoms with Crippen molar-refractivity contribution in [3.8, 4) is 5.75 Å². The summed E-state index contributed by atoms with van der Waals surface area (Å²) in [6, 6.07) is 9.09. The van der Waals surface area contributed by atoms with E-state index in [0.717, 1.165) is 31.5 Å². The van der Waals surface area contributed by atoms with Crippen molar-refractivity contribution in [1.82, 2.24) is 0 Å². The molecule has 5 heteroatoms. The van der Waals surface area contributed by atoms with E-state index in [-0.39, 0.29) is 5.75 Å². The van der Waals surface area contributed by atoms with E-state index in [2.05, 4.69) is 19.1 Å². The molecule has 0 bridgehead atoms. The van der Waals surface area contributed by atoms with Gasteiger partial charge < -0.3 is 4.74 Å². The van der Waals surface area contributed by atoms with Gasteiger partial charge in [0.1, 0.15) is 5.75 Å². The second-order valence-electron chi connectivity index (χ2n) is 5.03. The second-order valence-corrected chi connectivity index (χ2v) is 5.03. The van der Waals surface area contributed by atoms with Crippen LogP contribution in [0.15, 0.2) is 48.8 Å². The number of aromatic nitrogens is 1. The molecule has 0 amide bonds. The van der Waals surface area contributed by atoms with E-state index in [1.165, 1.54) is 11.6 Å². The van der Waals surface area contributed by atoms with Crippen LogP contribution in [0.4, 0.5) is 13.2 Å². The molecule has 0 saturated heterocycles. The van der Waals surface area contributed by atoms with Gasteiger partial charge >= 0.3 is 6.18 Å². The maximum absolute atomic E-state index is 12.6. The van der Waals surface area contributed by atoms with Crippen LogP contribution in [0, 0.1) is 0 Å². The molecule has 1 heterocycles. The van der Waals surface area contributed by atoms with E-state index < -0.39 is 11.7 Å². The summed E-state index contributed by atoms with van der Waals surface area (Å²) in [6.07, 6.45) is 1.40. The van der Waals surface area contributed by atoms with Gasteiger partial charge in [-0.25, -0.2) is 4.57 Å². The molecule has 0 aliphatic heterocycles. The SMILES string of the molecule is CCc1cc[n+](CCCOc2cccc(C(F)(F)F)c2)cc1. The molecular weight excluding hydrogens is 291 g/mol. The lowest BCUT2D eigenvalue weighted by atomic mass is 10.2. The molecule has 0 spiro atoms. The molecule has 1 aromatic carbocycles. The number of nitrogens with zero attached hydrogens (tertiary/aromatic N) is 1. The first-order valence-corrected chi connectivity index (χ1v) is 7.27. The van der Waals surface area contributed by atoms with Crippen molar-refractivity contribution in [1.29, 1.82) is 0 Å². The molecular formula is C17H19F3NO+. The van der Waals surface area contributed by atoms with Gasteiger partial charge in [0.15, 0.2) is 18.9 Å². The van der Waals surface area contributed by atoms with Crippen molar-refractivity contribution >= 4 is 0 Å². The van der Waals surface area contributed by atoms with E-state index in [1.54, 1.807) is 6.07 Å². The van der Waals surface area contributed by atoms with Gasteiger partial charge in [0.25, 0.3) is 0 Å². The third-order valence-electron chi connectivity index (χ3n) is 3.36. The summed E-state index contributed by atoms with van der Waals surface area (Å²) in [5.41, 5.74) is 0.589. The number of rotatable bonds is 6. The van der Waals surface area contributed by atoms with Gasteiger partial charge in [-0.1, -0.05) is 13.0 Å². The van der Waals surface area contributed by atoms with Crippen molar-refractivity contribution in [3.05, 3.63) is 59.9 Å². The minimum atomic E-state index is -4.34. The van der Waals surface area contributed by atoms with Gasteiger partial charge in [0.05, 0.1) is 12.2 Å². The summed E-state index contributed by atoms with van der Waals surface area (Å²) >= 11 is 0. The zero-order chi connectivity index (χ0) is 16.0. The average Bonchev–Trinajstić information content (AvgIpc) is 2.52. The first kappa shape index (κ1) is 16.3. The molecule has 0 aliphatic rings. The predicted molar refractivity (Wildman–Crippen MR) is 77.6 cm³/mol. The Morgan fingerprint density at radius 1 is 1.09 bits per heavy atom. The van der Waals surface area contributed by atoms with Crippen molar-refractivity contribution < 1.29 is 22.5 Å². The van der Waals surface area contributed by atoms with Gasteiger partial charge in [0.2, 0.25) is 0 Å². The number of pyridine rings is 1. The van der Waals surface area contributed by atoms with Crippen LogP contribution in [0.25, 0.3) is 0 Å². The van der Waals surface area contributed by atoms with Crippen molar-refractivity contribution in [2.24, 2.45) is 0 Å². The normalized spacial score (nSPS) is 11.5. The van der Waals surface area contributed by atoms with Crippen LogP contribution in [-0.2, 0) is 19.1 Å². The number of alkyl halides is 3. The average molecular weight is 310 g/mol. The number of aryl methyl sites for hydroxylation is 2. The molecule has 0 N–H and O–H groups in total. The number of hydrogen-bond donors (Lipinski definition) is 0. The Kier molecular flexibility index (Phi) is 5.41. The third kappa shape index (κ3) is 4.76. The van der Waals surface area contributed by atoms with Crippen LogP contribution in [0.2, 0.25) is 0 Å². The Balaban J connectivity index is 1.81. The minimum absolute atomic E-state index is 0.251. The summed E-state index contributed by atoms with van der Waals surface area (Å²) in [7, 11) is 0. The molecule has 1 aromatic heterocycles. The van der Waals surface area contributed by atoms with E-state index in [0.29, 0.717) is 6.61 Å². The number of ether oxygens (including phenoxy) is 1. The summed E-state index contributed by atoms with van der Waals surface area (Å²) in [5, 5.41) is 0. The molecule has 0 atom stereocenters. The maximum Gasteiger partial charge on any atom is 0.416 e. The van der Waals surface area contributed by atoms with Gasteiger partial charge in [-0.05, 0) is 30.2 Å². The molecule has 2 rings (SSSR count). The quantitative estimate of drug-likeness (QED) is 0.580. The molecule has 2 aromatic rings. The third-order valence-corrected chi connectivity index (χ3v) is 3.36. The van der Waals surface area contributed by atoms with Crippen molar-refractivity contribution in [3.63, 3.8) is 0 Å². The predicted octanol–water partition coefficient (Wildman–Crippen LogP) is 4.02. The molecule has 0 saturated carbocycles. The van der Waals surface area contributed by atoms with E-state index in [4.69, 9.17) is 4.74 Å². The number of benzene rings is 1. The Labute approximate surface area is 128 Å². The largest absolute Gasteiger partial charge is 0.493 e. The minimum Gasteiger partial charge on any atom is -0.493 e. The first-order valence-electron chi connectivity index (χ1n) is 7.27. The standard InChI is InChI=1S/C17H19F3NO/c1-2-14-7-10-21(11-8-14)9-4-12-22-16-6-3-5-15(13-16)17(18,19)20/h3,5-8,10-11,13H,2,4,9,12H2,1H3/q+1. The summed E-state index contributed by atoms with van der Waals surface area (Å²) < 4.78 is 45.2. The molecule has 0 aliphatic carbocycles. The Hall–Kier alpha value is -2.04. The van der Waals surface area contributed by atoms with Crippen LogP contribution in [0.3, 0.4) is 0 Å². The molecule has 0 radical (unpaired) electrons. The summed E-state index contributed by atoms with van der Waals surface area (Å²) in [4.78, 5) is 0. The molecule has 0 unspecified atom stereocenters. The lowest BCUT2D eigenvalue weighted by molar-refractivity contribution is -0.697. The van der Waals surface area contributed by atoms with Gasteiger partial charge in [-0.15, -0.1) is 0 Å². The van der Waals surface area contributed by atoms with Crippen LogP contribution >= 0.6 is 0 Å². The zero-order valence-corrected chi connectivity index (χ0v) is 12.4. The lowest BCUT2D eigenvalue weighted by Gasteiger charge is -2.09. The monoisotopic (exact) mass is 310 g/mol. The fourth-order valence-corrected chi connectivity index (χ4v) is 2.07. The van der Waals surface area contributed by atoms with Crippen molar-refractivity contribution in [2.45, 2.75) is 32.5 Å². The first-order chi connectivity index (χ1) is 10.5. The Morgan fingerprint density at radius 2 is 1.82 bits per heavy atom. The van der Waals surface area contributed by atoms with Crippen molar-refractivity contribution in [2.75, 3.05) is 6.61 Å². The summed E-state index contributed by atoms with van der Waals surface area (Å²) in [6.45, 7) is 3.25. The lowest BCUT2D eigenvalue weighted by Crippen LogP contribution is -2.33. The maximum atomic E-state index is 12.6. The van der Waals surface area contributed by atoms with Crippen LogP contribution < -0.4 is 9.30 Å². The fourth-order valence-electron chi connectivity index (χ4n) is 2.07. The molecule has 22 heavy (non-hydrogen) atoms. The van der Waals surface area contributed by atoms with Crippen LogP contribution in [0.1, 0.15) is 24.5 Å². The zero-order valence-electron chi connectivity index (χ0n) is 12.4. The van der Waals surface area contributed by atoms with E-state index in [1.807, 2.05) is 17.0 Å². The van der Waals surface area contributed by atoms with Gasteiger partial charge in [0, 0.05) is 18.6 Å². The number of halogens is 3. The highest BCUT2D eigenvalue weighted by Crippen LogP contribution is 2.31. The van der Waals surface area contributed by atoms with Gasteiger partial charge in [-0.3, -0.25) is 0 Å². The van der Waals surface area contributed by atoms with E-state index >= 15 is 0 Å². The Bertz CT molecular complexity index is 594. The molecule has 118 valence electrons. The molecule has 0 fully saturated rings. The molecule has 2 nitrogen and oxygen atoms in total. The van der Waals surface area contributed by atoms with Crippen LogP contribution in [0.5, 0.6) is 5.75 Å². The van der Waals surface area contributed by atoms with Gasteiger partial charge in [-0.2, -0.15) is 13.2 Å². The highest BCUT2D eigenvalue weighted by atomic mass is 19.4. The second kappa shape index (κ2) is 7.29. The number of hydrogen-bond acceptors (Lipinski definition) is 1. The van der Waals surface area contributed by atoms with E-state index in [9.17, 15) is 13.2 Å². The fraction of sp³-hybridized carbons (Fsp3) is 0.353. The van der Waals surface area contributed by atoms with Crippen LogP contribution in [-0.4, -0.2) is 6.61 Å². The highest BCUT2D eigenvalue weighted by Gasteiger charge is 2.30.